The Labute approximate surface area is 136 Å². The van der Waals surface area contributed by atoms with Crippen LogP contribution in [0.15, 0.2) is 18.2 Å². The lowest BCUT2D eigenvalue weighted by atomic mass is 10.2. The molecule has 2 heterocycles. The van der Waals surface area contributed by atoms with E-state index in [1.807, 2.05) is 18.2 Å². The third-order valence-electron chi connectivity index (χ3n) is 4.39. The van der Waals surface area contributed by atoms with Crippen molar-refractivity contribution in [3.05, 3.63) is 29.6 Å². The number of carbonyl (C=O) groups excluding carboxylic acids is 1. The van der Waals surface area contributed by atoms with Crippen LogP contribution in [-0.2, 0) is 17.9 Å². The lowest BCUT2D eigenvalue weighted by molar-refractivity contribution is 0.0830. The highest BCUT2D eigenvalue weighted by molar-refractivity contribution is 5.97. The Bertz CT molecular complexity index is 691. The SMILES string of the molecule is CCN(CC)CCNC(=O)c1ccc2c(c1)nc1n2CCOC1. The van der Waals surface area contributed by atoms with Gasteiger partial charge in [-0.15, -0.1) is 0 Å². The fraction of sp³-hybridized carbons (Fsp3) is 0.529. The first kappa shape index (κ1) is 16.0. The number of hydrogen-bond donors (Lipinski definition) is 1. The molecule has 0 bridgehead atoms. The molecular formula is C17H24N4O2. The zero-order chi connectivity index (χ0) is 16.2. The van der Waals surface area contributed by atoms with E-state index in [0.29, 0.717) is 25.3 Å². The number of amides is 1. The summed E-state index contributed by atoms with van der Waals surface area (Å²) in [6.07, 6.45) is 0. The van der Waals surface area contributed by atoms with Crippen molar-refractivity contribution in [2.24, 2.45) is 0 Å². The van der Waals surface area contributed by atoms with Crippen LogP contribution in [0.1, 0.15) is 30.0 Å². The third-order valence-corrected chi connectivity index (χ3v) is 4.39. The van der Waals surface area contributed by atoms with Gasteiger partial charge in [0, 0.05) is 25.2 Å². The second-order valence-corrected chi connectivity index (χ2v) is 5.72. The van der Waals surface area contributed by atoms with Crippen molar-refractivity contribution in [1.82, 2.24) is 19.8 Å². The fourth-order valence-corrected chi connectivity index (χ4v) is 2.97. The number of nitrogens with zero attached hydrogens (tertiary/aromatic N) is 3. The van der Waals surface area contributed by atoms with Crippen molar-refractivity contribution >= 4 is 16.9 Å². The Kier molecular flexibility index (Phi) is 4.93. The van der Waals surface area contributed by atoms with Crippen molar-refractivity contribution in [3.63, 3.8) is 0 Å². The predicted molar refractivity (Wildman–Crippen MR) is 89.5 cm³/mol. The van der Waals surface area contributed by atoms with Gasteiger partial charge in [0.15, 0.2) is 0 Å². The van der Waals surface area contributed by atoms with Gasteiger partial charge in [0.05, 0.1) is 17.6 Å². The molecule has 23 heavy (non-hydrogen) atoms. The molecule has 2 aromatic rings. The monoisotopic (exact) mass is 316 g/mol. The van der Waals surface area contributed by atoms with E-state index in [0.717, 1.165) is 43.0 Å². The molecule has 6 nitrogen and oxygen atoms in total. The summed E-state index contributed by atoms with van der Waals surface area (Å²) in [7, 11) is 0. The molecule has 1 aliphatic rings. The van der Waals surface area contributed by atoms with Crippen molar-refractivity contribution in [2.45, 2.75) is 27.0 Å². The van der Waals surface area contributed by atoms with Gasteiger partial charge in [-0.3, -0.25) is 4.79 Å². The number of benzene rings is 1. The zero-order valence-electron chi connectivity index (χ0n) is 13.8. The predicted octanol–water partition coefficient (Wildman–Crippen LogP) is 1.64. The normalized spacial score (nSPS) is 14.2. The maximum atomic E-state index is 12.3. The van der Waals surface area contributed by atoms with Crippen LogP contribution in [0.25, 0.3) is 11.0 Å². The quantitative estimate of drug-likeness (QED) is 0.880. The van der Waals surface area contributed by atoms with Gasteiger partial charge in [0.25, 0.3) is 5.91 Å². The molecule has 0 saturated heterocycles. The molecule has 1 aromatic carbocycles. The number of ether oxygens (including phenoxy) is 1. The summed E-state index contributed by atoms with van der Waals surface area (Å²) in [5.74, 6) is 0.895. The van der Waals surface area contributed by atoms with Gasteiger partial charge in [-0.2, -0.15) is 0 Å². The molecule has 0 radical (unpaired) electrons. The molecule has 0 spiro atoms. The first-order chi connectivity index (χ1) is 11.2. The molecule has 1 N–H and O–H groups in total. The van der Waals surface area contributed by atoms with Crippen LogP contribution >= 0.6 is 0 Å². The van der Waals surface area contributed by atoms with Crippen molar-refractivity contribution in [1.29, 1.82) is 0 Å². The van der Waals surface area contributed by atoms with Crippen LogP contribution in [0.5, 0.6) is 0 Å². The van der Waals surface area contributed by atoms with Crippen molar-refractivity contribution < 1.29 is 9.53 Å². The lowest BCUT2D eigenvalue weighted by Gasteiger charge is -2.18. The second kappa shape index (κ2) is 7.10. The molecule has 1 aliphatic heterocycles. The summed E-state index contributed by atoms with van der Waals surface area (Å²) in [4.78, 5) is 19.2. The highest BCUT2D eigenvalue weighted by atomic mass is 16.5. The molecule has 3 rings (SSSR count). The number of carbonyl (C=O) groups is 1. The Morgan fingerprint density at radius 2 is 2.22 bits per heavy atom. The van der Waals surface area contributed by atoms with Crippen LogP contribution in [-0.4, -0.2) is 53.1 Å². The minimum atomic E-state index is -0.0405. The molecule has 0 fully saturated rings. The third kappa shape index (κ3) is 3.38. The highest BCUT2D eigenvalue weighted by Crippen LogP contribution is 2.20. The number of imidazole rings is 1. The Morgan fingerprint density at radius 1 is 1.39 bits per heavy atom. The van der Waals surface area contributed by atoms with Gasteiger partial charge in [-0.05, 0) is 31.3 Å². The Morgan fingerprint density at radius 3 is 3.00 bits per heavy atom. The van der Waals surface area contributed by atoms with E-state index < -0.39 is 0 Å². The summed E-state index contributed by atoms with van der Waals surface area (Å²) < 4.78 is 7.60. The topological polar surface area (TPSA) is 59.4 Å². The smallest absolute Gasteiger partial charge is 0.251 e. The number of fused-ring (bicyclic) bond motifs is 3. The summed E-state index contributed by atoms with van der Waals surface area (Å²) >= 11 is 0. The first-order valence-corrected chi connectivity index (χ1v) is 8.30. The minimum Gasteiger partial charge on any atom is -0.372 e. The highest BCUT2D eigenvalue weighted by Gasteiger charge is 2.16. The molecule has 0 unspecified atom stereocenters. The molecule has 1 amide bonds. The maximum Gasteiger partial charge on any atom is 0.251 e. The van der Waals surface area contributed by atoms with E-state index in [1.165, 1.54) is 0 Å². The summed E-state index contributed by atoms with van der Waals surface area (Å²) in [6.45, 7) is 9.87. The number of hydrogen-bond acceptors (Lipinski definition) is 4. The van der Waals surface area contributed by atoms with E-state index in [9.17, 15) is 4.79 Å². The fourth-order valence-electron chi connectivity index (χ4n) is 2.97. The van der Waals surface area contributed by atoms with E-state index in [4.69, 9.17) is 4.74 Å². The maximum absolute atomic E-state index is 12.3. The molecular weight excluding hydrogens is 292 g/mol. The Balaban J connectivity index is 1.69. The van der Waals surface area contributed by atoms with Crippen LogP contribution in [0.2, 0.25) is 0 Å². The van der Waals surface area contributed by atoms with Crippen LogP contribution in [0, 0.1) is 0 Å². The first-order valence-electron chi connectivity index (χ1n) is 8.30. The van der Waals surface area contributed by atoms with Crippen LogP contribution in [0.3, 0.4) is 0 Å². The Hall–Kier alpha value is -1.92. The number of nitrogens with one attached hydrogen (secondary N) is 1. The number of aromatic nitrogens is 2. The summed E-state index contributed by atoms with van der Waals surface area (Å²) in [6, 6.07) is 5.73. The molecule has 6 heteroatoms. The largest absolute Gasteiger partial charge is 0.372 e. The van der Waals surface area contributed by atoms with Gasteiger partial charge < -0.3 is 19.5 Å². The zero-order valence-corrected chi connectivity index (χ0v) is 13.8. The average molecular weight is 316 g/mol. The average Bonchev–Trinajstić information content (AvgIpc) is 2.96. The molecule has 0 atom stereocenters. The lowest BCUT2D eigenvalue weighted by Crippen LogP contribution is -2.34. The van der Waals surface area contributed by atoms with Crippen molar-refractivity contribution in [2.75, 3.05) is 32.8 Å². The molecule has 0 aliphatic carbocycles. The van der Waals surface area contributed by atoms with E-state index in [2.05, 4.69) is 33.6 Å². The number of rotatable bonds is 6. The van der Waals surface area contributed by atoms with Gasteiger partial charge in [-0.25, -0.2) is 4.98 Å². The second-order valence-electron chi connectivity index (χ2n) is 5.72. The van der Waals surface area contributed by atoms with Gasteiger partial charge in [0.1, 0.15) is 12.4 Å². The summed E-state index contributed by atoms with van der Waals surface area (Å²) in [5.41, 5.74) is 2.60. The van der Waals surface area contributed by atoms with E-state index in [-0.39, 0.29) is 5.91 Å². The molecule has 124 valence electrons. The standard InChI is InChI=1S/C17H24N4O2/c1-3-20(4-2)8-7-18-17(22)13-5-6-15-14(11-13)19-16-12-23-10-9-21(15)16/h5-6,11H,3-4,7-10,12H2,1-2H3,(H,18,22). The van der Waals surface area contributed by atoms with Crippen molar-refractivity contribution in [3.8, 4) is 0 Å². The minimum absolute atomic E-state index is 0.0405. The molecule has 1 aromatic heterocycles. The van der Waals surface area contributed by atoms with Gasteiger partial charge in [0.2, 0.25) is 0 Å². The van der Waals surface area contributed by atoms with E-state index >= 15 is 0 Å². The van der Waals surface area contributed by atoms with Gasteiger partial charge >= 0.3 is 0 Å². The number of likely N-dealkylation sites (N-methyl/N-ethyl adjacent to an activating group) is 1. The van der Waals surface area contributed by atoms with Crippen LogP contribution in [0.4, 0.5) is 0 Å². The molecule has 0 saturated carbocycles. The van der Waals surface area contributed by atoms with E-state index in [1.54, 1.807) is 0 Å². The summed E-state index contributed by atoms with van der Waals surface area (Å²) in [5, 5.41) is 2.98. The van der Waals surface area contributed by atoms with Crippen LogP contribution < -0.4 is 5.32 Å². The van der Waals surface area contributed by atoms with Gasteiger partial charge in [-0.1, -0.05) is 13.8 Å².